The van der Waals surface area contributed by atoms with E-state index < -0.39 is 11.0 Å². The molecule has 1 aliphatic rings. The average molecular weight is 235 g/mol. The summed E-state index contributed by atoms with van der Waals surface area (Å²) in [4.78, 5) is 12.0. The van der Waals surface area contributed by atoms with Gasteiger partial charge >= 0.3 is 0 Å². The Balaban J connectivity index is 2.21. The molecule has 1 heterocycles. The Kier molecular flexibility index (Phi) is 3.19. The van der Waals surface area contributed by atoms with Crippen molar-refractivity contribution in [3.8, 4) is 0 Å². The van der Waals surface area contributed by atoms with Crippen LogP contribution in [0.15, 0.2) is 42.0 Å². The van der Waals surface area contributed by atoms with Gasteiger partial charge in [0.1, 0.15) is 11.0 Å². The number of amides is 1. The SMILES string of the molecule is CC1=CCN(C(=O)c2ccccc2)S(=O)C1. The lowest BCUT2D eigenvalue weighted by atomic mass is 10.2. The summed E-state index contributed by atoms with van der Waals surface area (Å²) in [6.07, 6.45) is 1.95. The Bertz CT molecular complexity index is 453. The summed E-state index contributed by atoms with van der Waals surface area (Å²) in [5, 5.41) is 0. The van der Waals surface area contributed by atoms with Crippen LogP contribution in [0.5, 0.6) is 0 Å². The summed E-state index contributed by atoms with van der Waals surface area (Å²) in [5.74, 6) is 0.293. The molecule has 1 amide bonds. The predicted molar refractivity (Wildman–Crippen MR) is 64.2 cm³/mol. The highest BCUT2D eigenvalue weighted by Crippen LogP contribution is 2.13. The van der Waals surface area contributed by atoms with Crippen LogP contribution in [0.4, 0.5) is 0 Å². The molecule has 0 aromatic heterocycles. The molecule has 0 N–H and O–H groups in total. The van der Waals surface area contributed by atoms with Gasteiger partial charge in [-0.1, -0.05) is 29.8 Å². The summed E-state index contributed by atoms with van der Waals surface area (Å²) in [6, 6.07) is 8.95. The van der Waals surface area contributed by atoms with Crippen LogP contribution in [0.25, 0.3) is 0 Å². The van der Waals surface area contributed by atoms with Crippen molar-refractivity contribution in [1.82, 2.24) is 4.31 Å². The molecule has 2 rings (SSSR count). The highest BCUT2D eigenvalue weighted by atomic mass is 32.2. The summed E-state index contributed by atoms with van der Waals surface area (Å²) in [7, 11) is -1.22. The largest absolute Gasteiger partial charge is 0.268 e. The van der Waals surface area contributed by atoms with Gasteiger partial charge in [-0.15, -0.1) is 0 Å². The number of nitrogens with zero attached hydrogens (tertiary/aromatic N) is 1. The highest BCUT2D eigenvalue weighted by molar-refractivity contribution is 7.83. The quantitative estimate of drug-likeness (QED) is 0.695. The van der Waals surface area contributed by atoms with Crippen LogP contribution in [0.3, 0.4) is 0 Å². The normalized spacial score (nSPS) is 20.4. The van der Waals surface area contributed by atoms with Crippen molar-refractivity contribution in [1.29, 1.82) is 0 Å². The summed E-state index contributed by atoms with van der Waals surface area (Å²) < 4.78 is 13.2. The molecule has 1 unspecified atom stereocenters. The first kappa shape index (κ1) is 11.1. The number of carbonyl (C=O) groups excluding carboxylic acids is 1. The monoisotopic (exact) mass is 235 g/mol. The minimum Gasteiger partial charge on any atom is -0.268 e. The molecule has 1 aromatic carbocycles. The number of carbonyl (C=O) groups is 1. The Morgan fingerprint density at radius 1 is 1.31 bits per heavy atom. The molecule has 0 radical (unpaired) electrons. The molecule has 0 bridgehead atoms. The molecule has 0 aliphatic carbocycles. The standard InChI is InChI=1S/C12H13NO2S/c1-10-7-8-13(16(15)9-10)12(14)11-5-3-2-4-6-11/h2-7H,8-9H2,1H3. The Labute approximate surface area is 97.4 Å². The van der Waals surface area contributed by atoms with E-state index in [1.165, 1.54) is 4.31 Å². The van der Waals surface area contributed by atoms with Gasteiger partial charge in [-0.05, 0) is 19.1 Å². The zero-order chi connectivity index (χ0) is 11.5. The summed E-state index contributed by atoms with van der Waals surface area (Å²) in [5.41, 5.74) is 1.67. The molecule has 16 heavy (non-hydrogen) atoms. The van der Waals surface area contributed by atoms with E-state index in [2.05, 4.69) is 0 Å². The molecule has 0 saturated carbocycles. The van der Waals surface area contributed by atoms with Gasteiger partial charge in [0, 0.05) is 5.56 Å². The molecule has 1 aliphatic heterocycles. The maximum absolute atomic E-state index is 12.0. The summed E-state index contributed by atoms with van der Waals surface area (Å²) >= 11 is 0. The van der Waals surface area contributed by atoms with Gasteiger partial charge in [-0.25, -0.2) is 4.21 Å². The van der Waals surface area contributed by atoms with Crippen LogP contribution in [-0.4, -0.2) is 26.7 Å². The van der Waals surface area contributed by atoms with E-state index in [0.717, 1.165) is 5.57 Å². The lowest BCUT2D eigenvalue weighted by Gasteiger charge is -2.24. The van der Waals surface area contributed by atoms with Crippen LogP contribution >= 0.6 is 0 Å². The van der Waals surface area contributed by atoms with Gasteiger partial charge in [-0.2, -0.15) is 0 Å². The first-order valence-electron chi connectivity index (χ1n) is 5.09. The Hall–Kier alpha value is -1.42. The van der Waals surface area contributed by atoms with Gasteiger partial charge < -0.3 is 0 Å². The maximum Gasteiger partial charge on any atom is 0.265 e. The minimum absolute atomic E-state index is 0.164. The van der Waals surface area contributed by atoms with Gasteiger partial charge in [0.05, 0.1) is 12.3 Å². The maximum atomic E-state index is 12.0. The van der Waals surface area contributed by atoms with Gasteiger partial charge in [-0.3, -0.25) is 9.10 Å². The molecule has 1 atom stereocenters. The molecule has 0 fully saturated rings. The van der Waals surface area contributed by atoms with E-state index in [-0.39, 0.29) is 5.91 Å². The third-order valence-corrected chi connectivity index (χ3v) is 3.96. The fourth-order valence-electron chi connectivity index (χ4n) is 1.55. The topological polar surface area (TPSA) is 37.4 Å². The third-order valence-electron chi connectivity index (χ3n) is 2.45. The van der Waals surface area contributed by atoms with Crippen molar-refractivity contribution >= 4 is 16.9 Å². The predicted octanol–water partition coefficient (Wildman–Crippen LogP) is 1.75. The fraction of sp³-hybridized carbons (Fsp3) is 0.250. The second-order valence-corrected chi connectivity index (χ2v) is 5.12. The van der Waals surface area contributed by atoms with E-state index >= 15 is 0 Å². The van der Waals surface area contributed by atoms with Gasteiger partial charge in [0.15, 0.2) is 0 Å². The first-order valence-corrected chi connectivity index (χ1v) is 6.37. The molecular formula is C12H13NO2S. The van der Waals surface area contributed by atoms with Crippen molar-refractivity contribution in [2.45, 2.75) is 6.92 Å². The van der Waals surface area contributed by atoms with Crippen LogP contribution in [0, 0.1) is 0 Å². The minimum atomic E-state index is -1.22. The number of rotatable bonds is 1. The molecule has 1 aromatic rings. The highest BCUT2D eigenvalue weighted by Gasteiger charge is 2.23. The molecule has 4 heteroatoms. The molecule has 0 saturated heterocycles. The van der Waals surface area contributed by atoms with E-state index in [0.29, 0.717) is 17.9 Å². The van der Waals surface area contributed by atoms with E-state index in [1.807, 2.05) is 19.1 Å². The number of hydrogen-bond donors (Lipinski definition) is 0. The zero-order valence-electron chi connectivity index (χ0n) is 9.05. The fourth-order valence-corrected chi connectivity index (χ4v) is 2.75. The molecule has 3 nitrogen and oxygen atoms in total. The van der Waals surface area contributed by atoms with Gasteiger partial charge in [0.2, 0.25) is 0 Å². The summed E-state index contributed by atoms with van der Waals surface area (Å²) in [6.45, 7) is 2.37. The third kappa shape index (κ3) is 2.22. The Morgan fingerprint density at radius 2 is 2.00 bits per heavy atom. The van der Waals surface area contributed by atoms with Crippen LogP contribution in [0.2, 0.25) is 0 Å². The van der Waals surface area contributed by atoms with E-state index in [1.54, 1.807) is 24.3 Å². The van der Waals surface area contributed by atoms with E-state index in [9.17, 15) is 9.00 Å². The lowest BCUT2D eigenvalue weighted by Crippen LogP contribution is -2.37. The van der Waals surface area contributed by atoms with Crippen molar-refractivity contribution in [3.05, 3.63) is 47.5 Å². The Morgan fingerprint density at radius 3 is 2.62 bits per heavy atom. The van der Waals surface area contributed by atoms with Crippen LogP contribution in [-0.2, 0) is 11.0 Å². The number of hydrogen-bond acceptors (Lipinski definition) is 2. The molecular weight excluding hydrogens is 222 g/mol. The lowest BCUT2D eigenvalue weighted by molar-refractivity contribution is 0.0875. The van der Waals surface area contributed by atoms with Gasteiger partial charge in [0.25, 0.3) is 5.91 Å². The van der Waals surface area contributed by atoms with Crippen molar-refractivity contribution in [2.75, 3.05) is 12.3 Å². The smallest absolute Gasteiger partial charge is 0.265 e. The first-order chi connectivity index (χ1) is 7.68. The van der Waals surface area contributed by atoms with E-state index in [4.69, 9.17) is 0 Å². The second kappa shape index (κ2) is 4.61. The molecule has 84 valence electrons. The average Bonchev–Trinajstić information content (AvgIpc) is 2.29. The second-order valence-electron chi connectivity index (χ2n) is 3.75. The van der Waals surface area contributed by atoms with Crippen LogP contribution < -0.4 is 0 Å². The van der Waals surface area contributed by atoms with Crippen molar-refractivity contribution in [3.63, 3.8) is 0 Å². The molecule has 0 spiro atoms. The van der Waals surface area contributed by atoms with Crippen LogP contribution in [0.1, 0.15) is 17.3 Å². The zero-order valence-corrected chi connectivity index (χ0v) is 9.87. The number of benzene rings is 1. The van der Waals surface area contributed by atoms with Crippen molar-refractivity contribution in [2.24, 2.45) is 0 Å². The van der Waals surface area contributed by atoms with Crippen molar-refractivity contribution < 1.29 is 9.00 Å².